The average molecular weight is 257 g/mol. The van der Waals surface area contributed by atoms with E-state index in [1.165, 1.54) is 0 Å². The topological polar surface area (TPSA) is 66.8 Å². The van der Waals surface area contributed by atoms with Gasteiger partial charge in [-0.25, -0.2) is 0 Å². The molecular formula is C13H23NO4. The molecule has 1 rings (SSSR count). The Balaban J connectivity index is 2.26. The maximum Gasteiger partial charge on any atom is 0.308 e. The van der Waals surface area contributed by atoms with E-state index in [9.17, 15) is 9.59 Å². The van der Waals surface area contributed by atoms with Gasteiger partial charge in [-0.1, -0.05) is 0 Å². The summed E-state index contributed by atoms with van der Waals surface area (Å²) in [6.07, 6.45) is 2.79. The van der Waals surface area contributed by atoms with Crippen LogP contribution in [0.2, 0.25) is 0 Å². The third kappa shape index (κ3) is 5.04. The van der Waals surface area contributed by atoms with Gasteiger partial charge in [0.2, 0.25) is 5.91 Å². The summed E-state index contributed by atoms with van der Waals surface area (Å²) in [6.45, 7) is 5.56. The summed E-state index contributed by atoms with van der Waals surface area (Å²) in [6, 6.07) is 0. The van der Waals surface area contributed by atoms with Gasteiger partial charge < -0.3 is 14.7 Å². The molecule has 1 saturated heterocycles. The zero-order valence-electron chi connectivity index (χ0n) is 11.2. The van der Waals surface area contributed by atoms with Crippen molar-refractivity contribution < 1.29 is 19.4 Å². The van der Waals surface area contributed by atoms with Crippen LogP contribution in [-0.2, 0) is 14.3 Å². The van der Waals surface area contributed by atoms with Crippen LogP contribution in [0.4, 0.5) is 0 Å². The number of carbonyl (C=O) groups excluding carboxylic acids is 1. The molecule has 0 spiro atoms. The number of hydrogen-bond donors (Lipinski definition) is 1. The Bertz CT molecular complexity index is 291. The van der Waals surface area contributed by atoms with Crippen LogP contribution in [0.1, 0.15) is 39.5 Å². The quantitative estimate of drug-likeness (QED) is 0.732. The van der Waals surface area contributed by atoms with Gasteiger partial charge in [-0.05, 0) is 33.1 Å². The number of nitrogens with zero attached hydrogens (tertiary/aromatic N) is 1. The maximum absolute atomic E-state index is 11.9. The Morgan fingerprint density at radius 1 is 1.44 bits per heavy atom. The molecule has 5 heteroatoms. The first-order chi connectivity index (χ1) is 8.50. The van der Waals surface area contributed by atoms with Crippen LogP contribution >= 0.6 is 0 Å². The molecule has 1 aliphatic rings. The Hall–Kier alpha value is -1.10. The highest BCUT2D eigenvalue weighted by Gasteiger charge is 2.27. The minimum absolute atomic E-state index is 0.0494. The second-order valence-corrected chi connectivity index (χ2v) is 5.04. The smallest absolute Gasteiger partial charge is 0.308 e. The zero-order valence-corrected chi connectivity index (χ0v) is 11.2. The number of amides is 1. The number of piperidine rings is 1. The second-order valence-electron chi connectivity index (χ2n) is 5.04. The van der Waals surface area contributed by atoms with Gasteiger partial charge in [0.25, 0.3) is 0 Å². The van der Waals surface area contributed by atoms with Crippen molar-refractivity contribution in [3.05, 3.63) is 0 Å². The van der Waals surface area contributed by atoms with E-state index >= 15 is 0 Å². The summed E-state index contributed by atoms with van der Waals surface area (Å²) >= 11 is 0. The molecule has 1 heterocycles. The molecule has 1 amide bonds. The number of carboxylic acids is 1. The minimum atomic E-state index is -0.796. The fourth-order valence-electron chi connectivity index (χ4n) is 2.11. The lowest BCUT2D eigenvalue weighted by atomic mass is 9.98. The first-order valence-corrected chi connectivity index (χ1v) is 6.63. The normalized spacial score (nSPS) is 20.2. The van der Waals surface area contributed by atoms with E-state index < -0.39 is 11.9 Å². The molecule has 1 atom stereocenters. The Morgan fingerprint density at radius 2 is 2.17 bits per heavy atom. The summed E-state index contributed by atoms with van der Waals surface area (Å²) in [5.74, 6) is -1.14. The standard InChI is InChI=1S/C13H23NO4/c1-10(2)18-8-4-6-12(15)14-7-3-5-11(9-14)13(16)17/h10-11H,3-9H2,1-2H3,(H,16,17)/t11-/m0/s1. The van der Waals surface area contributed by atoms with Gasteiger partial charge in [0.05, 0.1) is 12.0 Å². The number of aliphatic carboxylic acids is 1. The molecule has 0 aromatic carbocycles. The van der Waals surface area contributed by atoms with Crippen molar-refractivity contribution in [3.8, 4) is 0 Å². The van der Waals surface area contributed by atoms with Gasteiger partial charge in [-0.3, -0.25) is 9.59 Å². The first-order valence-electron chi connectivity index (χ1n) is 6.63. The third-order valence-electron chi connectivity index (χ3n) is 3.11. The molecule has 0 radical (unpaired) electrons. The fraction of sp³-hybridized carbons (Fsp3) is 0.846. The fourth-order valence-corrected chi connectivity index (χ4v) is 2.11. The Kier molecular flexibility index (Phi) is 6.12. The largest absolute Gasteiger partial charge is 0.481 e. The zero-order chi connectivity index (χ0) is 13.5. The maximum atomic E-state index is 11.9. The van der Waals surface area contributed by atoms with E-state index in [0.29, 0.717) is 39.0 Å². The second kappa shape index (κ2) is 7.36. The van der Waals surface area contributed by atoms with Gasteiger partial charge in [-0.2, -0.15) is 0 Å². The third-order valence-corrected chi connectivity index (χ3v) is 3.11. The summed E-state index contributed by atoms with van der Waals surface area (Å²) in [4.78, 5) is 24.5. The number of rotatable bonds is 6. The van der Waals surface area contributed by atoms with E-state index in [2.05, 4.69) is 0 Å². The average Bonchev–Trinajstić information content (AvgIpc) is 2.34. The number of carboxylic acid groups (broad SMARTS) is 1. The number of likely N-dealkylation sites (tertiary alicyclic amines) is 1. The molecule has 0 aliphatic carbocycles. The van der Waals surface area contributed by atoms with E-state index in [4.69, 9.17) is 9.84 Å². The molecule has 5 nitrogen and oxygen atoms in total. The predicted octanol–water partition coefficient (Wildman–Crippen LogP) is 1.51. The molecule has 18 heavy (non-hydrogen) atoms. The summed E-state index contributed by atoms with van der Waals surface area (Å²) in [5, 5.41) is 8.96. The summed E-state index contributed by atoms with van der Waals surface area (Å²) in [7, 11) is 0. The van der Waals surface area contributed by atoms with Crippen molar-refractivity contribution in [3.63, 3.8) is 0 Å². The lowest BCUT2D eigenvalue weighted by Crippen LogP contribution is -2.42. The van der Waals surface area contributed by atoms with E-state index in [0.717, 1.165) is 6.42 Å². The number of ether oxygens (including phenoxy) is 1. The van der Waals surface area contributed by atoms with Gasteiger partial charge in [0.15, 0.2) is 0 Å². The van der Waals surface area contributed by atoms with Crippen molar-refractivity contribution >= 4 is 11.9 Å². The molecule has 1 N–H and O–H groups in total. The van der Waals surface area contributed by atoms with Gasteiger partial charge in [-0.15, -0.1) is 0 Å². The Morgan fingerprint density at radius 3 is 2.78 bits per heavy atom. The van der Waals surface area contributed by atoms with E-state index in [-0.39, 0.29) is 12.0 Å². The summed E-state index contributed by atoms with van der Waals surface area (Å²) in [5.41, 5.74) is 0. The number of hydrogen-bond acceptors (Lipinski definition) is 3. The predicted molar refractivity (Wildman–Crippen MR) is 67.3 cm³/mol. The molecular weight excluding hydrogens is 234 g/mol. The Labute approximate surface area is 108 Å². The molecule has 0 unspecified atom stereocenters. The summed E-state index contributed by atoms with van der Waals surface area (Å²) < 4.78 is 5.37. The lowest BCUT2D eigenvalue weighted by molar-refractivity contribution is -0.145. The highest BCUT2D eigenvalue weighted by atomic mass is 16.5. The van der Waals surface area contributed by atoms with Crippen LogP contribution in [-0.4, -0.2) is 47.7 Å². The minimum Gasteiger partial charge on any atom is -0.481 e. The molecule has 0 bridgehead atoms. The lowest BCUT2D eigenvalue weighted by Gasteiger charge is -2.30. The van der Waals surface area contributed by atoms with Crippen LogP contribution in [0.3, 0.4) is 0 Å². The number of carbonyl (C=O) groups is 2. The SMILES string of the molecule is CC(C)OCCCC(=O)N1CCC[C@H](C(=O)O)C1. The van der Waals surface area contributed by atoms with Crippen molar-refractivity contribution in [2.75, 3.05) is 19.7 Å². The molecule has 0 aromatic rings. The van der Waals surface area contributed by atoms with Crippen molar-refractivity contribution in [2.24, 2.45) is 5.92 Å². The van der Waals surface area contributed by atoms with Crippen LogP contribution in [0.5, 0.6) is 0 Å². The van der Waals surface area contributed by atoms with E-state index in [1.54, 1.807) is 4.90 Å². The first kappa shape index (κ1) is 15.0. The highest BCUT2D eigenvalue weighted by molar-refractivity contribution is 5.78. The molecule has 0 aromatic heterocycles. The van der Waals surface area contributed by atoms with Crippen molar-refractivity contribution in [2.45, 2.75) is 45.6 Å². The molecule has 104 valence electrons. The van der Waals surface area contributed by atoms with Crippen LogP contribution in [0.15, 0.2) is 0 Å². The van der Waals surface area contributed by atoms with Gasteiger partial charge in [0, 0.05) is 26.1 Å². The molecule has 0 saturated carbocycles. The van der Waals surface area contributed by atoms with Crippen LogP contribution in [0, 0.1) is 5.92 Å². The molecule has 1 fully saturated rings. The van der Waals surface area contributed by atoms with Crippen LogP contribution < -0.4 is 0 Å². The van der Waals surface area contributed by atoms with Crippen molar-refractivity contribution in [1.82, 2.24) is 4.90 Å². The van der Waals surface area contributed by atoms with Gasteiger partial charge >= 0.3 is 5.97 Å². The molecule has 1 aliphatic heterocycles. The monoisotopic (exact) mass is 257 g/mol. The van der Waals surface area contributed by atoms with Crippen molar-refractivity contribution in [1.29, 1.82) is 0 Å². The van der Waals surface area contributed by atoms with Gasteiger partial charge in [0.1, 0.15) is 0 Å². The van der Waals surface area contributed by atoms with Crippen LogP contribution in [0.25, 0.3) is 0 Å². The van der Waals surface area contributed by atoms with E-state index in [1.807, 2.05) is 13.8 Å². The highest BCUT2D eigenvalue weighted by Crippen LogP contribution is 2.17.